The average Bonchev–Trinajstić information content (AvgIpc) is 2.67. The molecule has 0 amide bonds. The number of ether oxygens (including phenoxy) is 2. The minimum Gasteiger partial charge on any atom is -0.503 e. The van der Waals surface area contributed by atoms with Gasteiger partial charge in [0.25, 0.3) is 0 Å². The number of methoxy groups -OCH3 is 1. The predicted octanol–water partition coefficient (Wildman–Crippen LogP) is 4.05. The van der Waals surface area contributed by atoms with Gasteiger partial charge < -0.3 is 14.6 Å². The summed E-state index contributed by atoms with van der Waals surface area (Å²) >= 11 is 0. The second-order valence-electron chi connectivity index (χ2n) is 7.03. The van der Waals surface area contributed by atoms with Gasteiger partial charge in [-0.25, -0.2) is 4.98 Å². The van der Waals surface area contributed by atoms with Crippen molar-refractivity contribution in [1.82, 2.24) is 4.98 Å². The van der Waals surface area contributed by atoms with Crippen LogP contribution in [0.15, 0.2) is 36.5 Å². The van der Waals surface area contributed by atoms with E-state index >= 15 is 0 Å². The van der Waals surface area contributed by atoms with Crippen molar-refractivity contribution in [1.29, 1.82) is 0 Å². The molecule has 1 aromatic heterocycles. The molecule has 0 aliphatic rings. The summed E-state index contributed by atoms with van der Waals surface area (Å²) in [5.74, 6) is -1.70. The summed E-state index contributed by atoms with van der Waals surface area (Å²) in [6, 6.07) is 9.43. The van der Waals surface area contributed by atoms with E-state index in [4.69, 9.17) is 9.47 Å². The summed E-state index contributed by atoms with van der Waals surface area (Å²) in [5.41, 5.74) is 2.15. The molecule has 28 heavy (non-hydrogen) atoms. The Morgan fingerprint density at radius 3 is 2.46 bits per heavy atom. The number of carbonyl (C=O) groups is 2. The van der Waals surface area contributed by atoms with Crippen LogP contribution < -0.4 is 4.74 Å². The van der Waals surface area contributed by atoms with Crippen LogP contribution in [0.1, 0.15) is 54.7 Å². The van der Waals surface area contributed by atoms with Crippen LogP contribution >= 0.6 is 0 Å². The first-order chi connectivity index (χ1) is 13.3. The minimum absolute atomic E-state index is 0.0251. The molecule has 0 saturated heterocycles. The van der Waals surface area contributed by atoms with E-state index < -0.39 is 17.7 Å². The standard InChI is InChI=1S/C22H27NO5/c1-13-8-6-7-9-17(13)15(3)16(4)28-22(26)14(2)12-18(24)20-21(25)19(27-5)10-11-23-20/h6-11,14-16,25H,12H2,1-5H3/t14-,15+,16-/m1/s1. The maximum Gasteiger partial charge on any atom is 0.309 e. The number of esters is 1. The molecule has 0 radical (unpaired) electrons. The van der Waals surface area contributed by atoms with Crippen LogP contribution in [0.4, 0.5) is 0 Å². The van der Waals surface area contributed by atoms with E-state index in [-0.39, 0.29) is 35.6 Å². The Kier molecular flexibility index (Phi) is 7.15. The van der Waals surface area contributed by atoms with Crippen molar-refractivity contribution in [2.45, 2.75) is 46.1 Å². The van der Waals surface area contributed by atoms with Gasteiger partial charge in [-0.15, -0.1) is 0 Å². The third-order valence-electron chi connectivity index (χ3n) is 4.95. The second kappa shape index (κ2) is 9.35. The number of aryl methyl sites for hydroxylation is 1. The highest BCUT2D eigenvalue weighted by Gasteiger charge is 2.26. The van der Waals surface area contributed by atoms with Gasteiger partial charge in [0, 0.05) is 24.6 Å². The van der Waals surface area contributed by atoms with Crippen LogP contribution in [0.2, 0.25) is 0 Å². The highest BCUT2D eigenvalue weighted by atomic mass is 16.5. The number of hydrogen-bond acceptors (Lipinski definition) is 6. The molecule has 1 heterocycles. The summed E-state index contributed by atoms with van der Waals surface area (Å²) in [5, 5.41) is 10.1. The molecule has 0 saturated carbocycles. The van der Waals surface area contributed by atoms with Crippen molar-refractivity contribution in [3.05, 3.63) is 53.3 Å². The fraction of sp³-hybridized carbons (Fsp3) is 0.409. The van der Waals surface area contributed by atoms with Crippen LogP contribution in [-0.2, 0) is 9.53 Å². The molecule has 0 aliphatic heterocycles. The van der Waals surface area contributed by atoms with E-state index in [2.05, 4.69) is 4.98 Å². The number of carbonyl (C=O) groups excluding carboxylic acids is 2. The highest BCUT2D eigenvalue weighted by molar-refractivity contribution is 5.99. The van der Waals surface area contributed by atoms with Crippen LogP contribution in [0, 0.1) is 12.8 Å². The van der Waals surface area contributed by atoms with Gasteiger partial charge in [-0.1, -0.05) is 38.1 Å². The number of Topliss-reactive ketones (excluding diaryl/α,β-unsaturated/α-hetero) is 1. The second-order valence-corrected chi connectivity index (χ2v) is 7.03. The van der Waals surface area contributed by atoms with Gasteiger partial charge >= 0.3 is 5.97 Å². The fourth-order valence-corrected chi connectivity index (χ4v) is 3.02. The Balaban J connectivity index is 2.01. The van der Waals surface area contributed by atoms with Crippen molar-refractivity contribution in [3.63, 3.8) is 0 Å². The lowest BCUT2D eigenvalue weighted by atomic mass is 9.92. The maximum atomic E-state index is 12.5. The molecule has 1 N–H and O–H groups in total. The quantitative estimate of drug-likeness (QED) is 0.545. The zero-order valence-corrected chi connectivity index (χ0v) is 16.9. The first-order valence-electron chi connectivity index (χ1n) is 9.27. The number of aromatic hydroxyl groups is 1. The third-order valence-corrected chi connectivity index (χ3v) is 4.95. The van der Waals surface area contributed by atoms with E-state index in [0.717, 1.165) is 11.1 Å². The molecular formula is C22H27NO5. The van der Waals surface area contributed by atoms with E-state index in [0.29, 0.717) is 0 Å². The summed E-state index contributed by atoms with van der Waals surface area (Å²) in [6.45, 7) is 7.51. The molecule has 1 aromatic carbocycles. The van der Waals surface area contributed by atoms with Gasteiger partial charge in [-0.3, -0.25) is 9.59 Å². The summed E-state index contributed by atoms with van der Waals surface area (Å²) < 4.78 is 10.6. The van der Waals surface area contributed by atoms with Gasteiger partial charge in [-0.05, 0) is 25.0 Å². The van der Waals surface area contributed by atoms with Gasteiger partial charge in [0.1, 0.15) is 6.10 Å². The van der Waals surface area contributed by atoms with E-state index in [1.165, 1.54) is 19.4 Å². The van der Waals surface area contributed by atoms with Gasteiger partial charge in [0.15, 0.2) is 23.0 Å². The fourth-order valence-electron chi connectivity index (χ4n) is 3.02. The maximum absolute atomic E-state index is 12.5. The van der Waals surface area contributed by atoms with Gasteiger partial charge in [0.05, 0.1) is 13.0 Å². The van der Waals surface area contributed by atoms with E-state index in [1.807, 2.05) is 45.0 Å². The Bertz CT molecular complexity index is 849. The lowest BCUT2D eigenvalue weighted by Crippen LogP contribution is -2.26. The first-order valence-corrected chi connectivity index (χ1v) is 9.27. The lowest BCUT2D eigenvalue weighted by Gasteiger charge is -2.23. The number of pyridine rings is 1. The molecular weight excluding hydrogens is 358 g/mol. The molecule has 2 rings (SSSR count). The molecule has 6 nitrogen and oxygen atoms in total. The minimum atomic E-state index is -0.661. The predicted molar refractivity (Wildman–Crippen MR) is 106 cm³/mol. The van der Waals surface area contributed by atoms with Gasteiger partial charge in [-0.2, -0.15) is 0 Å². The number of hydrogen-bond donors (Lipinski definition) is 1. The van der Waals surface area contributed by atoms with E-state index in [9.17, 15) is 14.7 Å². The average molecular weight is 385 g/mol. The van der Waals surface area contributed by atoms with Crippen LogP contribution in [0.5, 0.6) is 11.5 Å². The molecule has 0 fully saturated rings. The Morgan fingerprint density at radius 2 is 1.82 bits per heavy atom. The number of benzene rings is 1. The molecule has 3 atom stereocenters. The van der Waals surface area contributed by atoms with Gasteiger partial charge in [0.2, 0.25) is 0 Å². The summed E-state index contributed by atoms with van der Waals surface area (Å²) in [6.07, 6.45) is 0.924. The largest absolute Gasteiger partial charge is 0.503 e. The van der Waals surface area contributed by atoms with Crippen LogP contribution in [-0.4, -0.2) is 35.1 Å². The number of nitrogens with zero attached hydrogens (tertiary/aromatic N) is 1. The van der Waals surface area contributed by atoms with Crippen molar-refractivity contribution in [2.24, 2.45) is 5.92 Å². The Morgan fingerprint density at radius 1 is 1.14 bits per heavy atom. The Hall–Kier alpha value is -2.89. The summed E-state index contributed by atoms with van der Waals surface area (Å²) in [7, 11) is 1.39. The van der Waals surface area contributed by atoms with Crippen molar-refractivity contribution in [2.75, 3.05) is 7.11 Å². The number of rotatable bonds is 8. The molecule has 0 unspecified atom stereocenters. The number of ketones is 1. The molecule has 0 bridgehead atoms. The highest BCUT2D eigenvalue weighted by Crippen LogP contribution is 2.29. The normalized spacial score (nSPS) is 14.0. The zero-order valence-electron chi connectivity index (χ0n) is 16.9. The molecule has 150 valence electrons. The van der Waals surface area contributed by atoms with E-state index in [1.54, 1.807) is 6.92 Å². The molecule has 0 spiro atoms. The monoisotopic (exact) mass is 385 g/mol. The summed E-state index contributed by atoms with van der Waals surface area (Å²) in [4.78, 5) is 28.8. The van der Waals surface area contributed by atoms with Crippen LogP contribution in [0.3, 0.4) is 0 Å². The van der Waals surface area contributed by atoms with Crippen LogP contribution in [0.25, 0.3) is 0 Å². The molecule has 0 aliphatic carbocycles. The topological polar surface area (TPSA) is 85.7 Å². The Labute approximate surface area is 165 Å². The van der Waals surface area contributed by atoms with Crippen molar-refractivity contribution in [3.8, 4) is 11.5 Å². The smallest absolute Gasteiger partial charge is 0.309 e. The third kappa shape index (κ3) is 4.88. The van der Waals surface area contributed by atoms with Crippen molar-refractivity contribution < 1.29 is 24.2 Å². The SMILES string of the molecule is COc1ccnc(C(=O)C[C@@H](C)C(=O)O[C@H](C)[C@H](C)c2ccccc2C)c1O. The molecule has 2 aromatic rings. The first kappa shape index (κ1) is 21.4. The lowest BCUT2D eigenvalue weighted by molar-refractivity contribution is -0.153. The zero-order chi connectivity index (χ0) is 20.8. The number of aromatic nitrogens is 1. The van der Waals surface area contributed by atoms with Crippen molar-refractivity contribution >= 4 is 11.8 Å². The molecule has 6 heteroatoms.